The summed E-state index contributed by atoms with van der Waals surface area (Å²) in [6, 6.07) is 5.30. The van der Waals surface area contributed by atoms with Gasteiger partial charge in [-0.15, -0.1) is 5.10 Å². The summed E-state index contributed by atoms with van der Waals surface area (Å²) in [4.78, 5) is 20.6. The van der Waals surface area contributed by atoms with Crippen LogP contribution in [0.1, 0.15) is 41.1 Å². The molecule has 106 valence electrons. The first-order valence-electron chi connectivity index (χ1n) is 6.80. The number of aryl methyl sites for hydroxylation is 1. The number of oxazole rings is 1. The van der Waals surface area contributed by atoms with Crippen LogP contribution in [0.25, 0.3) is 11.1 Å². The van der Waals surface area contributed by atoms with E-state index in [1.165, 1.54) is 0 Å². The second kappa shape index (κ2) is 4.41. The number of carbonyl (C=O) groups excluding carboxylic acids is 1. The largest absolute Gasteiger partial charge is 0.441 e. The molecule has 0 bridgehead atoms. The average molecular weight is 283 g/mol. The van der Waals surface area contributed by atoms with Gasteiger partial charge in [0.25, 0.3) is 5.91 Å². The standard InChI is InChI=1S/C14H13N5O2/c1-7-15-10-6-9(4-5-11(10)21-7)16-14(20)13-17-12(18-19-13)8-2-3-8/h4-6,8H,2-3H2,1H3,(H,16,20)(H,17,18,19). The molecule has 1 aromatic carbocycles. The van der Waals surface area contributed by atoms with Gasteiger partial charge in [0.05, 0.1) is 0 Å². The van der Waals surface area contributed by atoms with Crippen LogP contribution in [0.4, 0.5) is 5.69 Å². The lowest BCUT2D eigenvalue weighted by Gasteiger charge is -2.01. The number of amides is 1. The molecule has 3 aromatic rings. The Kier molecular flexibility index (Phi) is 2.53. The lowest BCUT2D eigenvalue weighted by Crippen LogP contribution is -2.13. The first-order chi connectivity index (χ1) is 10.2. The van der Waals surface area contributed by atoms with Gasteiger partial charge in [-0.1, -0.05) is 0 Å². The summed E-state index contributed by atoms with van der Waals surface area (Å²) in [7, 11) is 0. The number of nitrogens with one attached hydrogen (secondary N) is 2. The molecule has 1 aliphatic rings. The van der Waals surface area contributed by atoms with Crippen molar-refractivity contribution in [3.63, 3.8) is 0 Å². The van der Waals surface area contributed by atoms with Crippen molar-refractivity contribution in [2.45, 2.75) is 25.7 Å². The maximum Gasteiger partial charge on any atom is 0.295 e. The smallest absolute Gasteiger partial charge is 0.295 e. The Balaban J connectivity index is 1.55. The van der Waals surface area contributed by atoms with Crippen LogP contribution in [-0.4, -0.2) is 26.1 Å². The molecule has 0 radical (unpaired) electrons. The summed E-state index contributed by atoms with van der Waals surface area (Å²) in [6.07, 6.45) is 2.22. The Labute approximate surface area is 119 Å². The zero-order valence-electron chi connectivity index (χ0n) is 11.4. The minimum Gasteiger partial charge on any atom is -0.441 e. The molecule has 1 fully saturated rings. The second-order valence-corrected chi connectivity index (χ2v) is 5.19. The van der Waals surface area contributed by atoms with E-state index in [2.05, 4.69) is 25.5 Å². The highest BCUT2D eigenvalue weighted by molar-refractivity contribution is 6.02. The number of carbonyl (C=O) groups is 1. The maximum absolute atomic E-state index is 12.1. The fraction of sp³-hybridized carbons (Fsp3) is 0.286. The van der Waals surface area contributed by atoms with Gasteiger partial charge in [0.2, 0.25) is 5.82 Å². The molecule has 1 amide bonds. The van der Waals surface area contributed by atoms with Gasteiger partial charge < -0.3 is 9.73 Å². The number of nitrogens with zero attached hydrogens (tertiary/aromatic N) is 3. The number of benzene rings is 1. The van der Waals surface area contributed by atoms with Crippen LogP contribution in [-0.2, 0) is 0 Å². The monoisotopic (exact) mass is 283 g/mol. The summed E-state index contributed by atoms with van der Waals surface area (Å²) in [5, 5.41) is 9.54. The van der Waals surface area contributed by atoms with E-state index in [1.807, 2.05) is 0 Å². The highest BCUT2D eigenvalue weighted by Gasteiger charge is 2.28. The van der Waals surface area contributed by atoms with Crippen molar-refractivity contribution in [1.82, 2.24) is 20.2 Å². The van der Waals surface area contributed by atoms with Crippen LogP contribution >= 0.6 is 0 Å². The molecule has 0 saturated heterocycles. The van der Waals surface area contributed by atoms with E-state index in [0.717, 1.165) is 18.7 Å². The number of aromatic amines is 1. The van der Waals surface area contributed by atoms with Gasteiger partial charge in [0, 0.05) is 18.5 Å². The van der Waals surface area contributed by atoms with Gasteiger partial charge in [0.1, 0.15) is 11.3 Å². The van der Waals surface area contributed by atoms with E-state index >= 15 is 0 Å². The van der Waals surface area contributed by atoms with E-state index in [9.17, 15) is 4.79 Å². The number of anilines is 1. The molecular weight excluding hydrogens is 270 g/mol. The summed E-state index contributed by atoms with van der Waals surface area (Å²) in [5.41, 5.74) is 2.04. The topological polar surface area (TPSA) is 96.7 Å². The molecule has 2 N–H and O–H groups in total. The molecule has 21 heavy (non-hydrogen) atoms. The van der Waals surface area contributed by atoms with Crippen molar-refractivity contribution in [2.24, 2.45) is 0 Å². The summed E-state index contributed by atoms with van der Waals surface area (Å²) >= 11 is 0. The van der Waals surface area contributed by atoms with Gasteiger partial charge in [-0.2, -0.15) is 0 Å². The fourth-order valence-corrected chi connectivity index (χ4v) is 2.22. The fourth-order valence-electron chi connectivity index (χ4n) is 2.22. The average Bonchev–Trinajstić information content (AvgIpc) is 3.06. The lowest BCUT2D eigenvalue weighted by atomic mass is 10.3. The maximum atomic E-state index is 12.1. The predicted molar refractivity (Wildman–Crippen MR) is 75.1 cm³/mol. The van der Waals surface area contributed by atoms with Crippen molar-refractivity contribution >= 4 is 22.7 Å². The van der Waals surface area contributed by atoms with E-state index < -0.39 is 0 Å². The summed E-state index contributed by atoms with van der Waals surface area (Å²) in [6.45, 7) is 1.78. The number of hydrogen-bond acceptors (Lipinski definition) is 5. The Bertz CT molecular complexity index is 831. The molecule has 0 spiro atoms. The van der Waals surface area contributed by atoms with Crippen molar-refractivity contribution in [1.29, 1.82) is 0 Å². The lowest BCUT2D eigenvalue weighted by molar-refractivity contribution is 0.101. The third-order valence-corrected chi connectivity index (χ3v) is 3.42. The van der Waals surface area contributed by atoms with Crippen LogP contribution in [0.15, 0.2) is 22.6 Å². The minimum absolute atomic E-state index is 0.160. The zero-order chi connectivity index (χ0) is 14.4. The quantitative estimate of drug-likeness (QED) is 0.769. The summed E-state index contributed by atoms with van der Waals surface area (Å²) in [5.74, 6) is 1.65. The first kappa shape index (κ1) is 12.1. The van der Waals surface area contributed by atoms with Gasteiger partial charge in [-0.05, 0) is 31.0 Å². The van der Waals surface area contributed by atoms with Crippen LogP contribution < -0.4 is 5.32 Å². The number of aromatic nitrogens is 4. The zero-order valence-corrected chi connectivity index (χ0v) is 11.4. The summed E-state index contributed by atoms with van der Waals surface area (Å²) < 4.78 is 5.40. The third kappa shape index (κ3) is 2.26. The van der Waals surface area contributed by atoms with Crippen LogP contribution in [0.3, 0.4) is 0 Å². The molecule has 0 atom stereocenters. The highest BCUT2D eigenvalue weighted by Crippen LogP contribution is 2.37. The Morgan fingerprint density at radius 3 is 3.05 bits per heavy atom. The van der Waals surface area contributed by atoms with Crippen LogP contribution in [0.5, 0.6) is 0 Å². The Morgan fingerprint density at radius 1 is 1.38 bits per heavy atom. The first-order valence-corrected chi connectivity index (χ1v) is 6.80. The molecule has 2 heterocycles. The van der Waals surface area contributed by atoms with Crippen molar-refractivity contribution < 1.29 is 9.21 Å². The van der Waals surface area contributed by atoms with Gasteiger partial charge in [-0.25, -0.2) is 9.97 Å². The molecule has 0 unspecified atom stereocenters. The van der Waals surface area contributed by atoms with Crippen LogP contribution in [0, 0.1) is 6.92 Å². The van der Waals surface area contributed by atoms with Gasteiger partial charge >= 0.3 is 0 Å². The van der Waals surface area contributed by atoms with E-state index in [1.54, 1.807) is 25.1 Å². The molecule has 1 aliphatic carbocycles. The number of hydrogen-bond donors (Lipinski definition) is 2. The molecule has 4 rings (SSSR count). The molecule has 7 heteroatoms. The molecule has 1 saturated carbocycles. The van der Waals surface area contributed by atoms with E-state index in [4.69, 9.17) is 4.42 Å². The Morgan fingerprint density at radius 2 is 2.24 bits per heavy atom. The minimum atomic E-state index is -0.335. The Hall–Kier alpha value is -2.70. The van der Waals surface area contributed by atoms with E-state index in [0.29, 0.717) is 28.6 Å². The third-order valence-electron chi connectivity index (χ3n) is 3.42. The molecule has 2 aromatic heterocycles. The normalized spacial score (nSPS) is 14.5. The van der Waals surface area contributed by atoms with Crippen molar-refractivity contribution in [3.05, 3.63) is 35.7 Å². The van der Waals surface area contributed by atoms with Crippen LogP contribution in [0.2, 0.25) is 0 Å². The number of rotatable bonds is 3. The van der Waals surface area contributed by atoms with Crippen molar-refractivity contribution in [3.8, 4) is 0 Å². The van der Waals surface area contributed by atoms with Crippen molar-refractivity contribution in [2.75, 3.05) is 5.32 Å². The SMILES string of the molecule is Cc1nc2cc(NC(=O)c3n[nH]c(C4CC4)n3)ccc2o1. The predicted octanol–water partition coefficient (Wildman–Crippen LogP) is 2.38. The highest BCUT2D eigenvalue weighted by atomic mass is 16.3. The molecule has 0 aliphatic heterocycles. The second-order valence-electron chi connectivity index (χ2n) is 5.19. The van der Waals surface area contributed by atoms with E-state index in [-0.39, 0.29) is 11.7 Å². The van der Waals surface area contributed by atoms with Gasteiger partial charge in [-0.3, -0.25) is 9.89 Å². The molecular formula is C14H13N5O2. The molecule has 7 nitrogen and oxygen atoms in total. The van der Waals surface area contributed by atoms with Gasteiger partial charge in [0.15, 0.2) is 11.5 Å². The number of H-pyrrole nitrogens is 1. The number of fused-ring (bicyclic) bond motifs is 1.